The van der Waals surface area contributed by atoms with Gasteiger partial charge in [-0.05, 0) is 50.3 Å². The molecule has 0 aliphatic carbocycles. The quantitative estimate of drug-likeness (QED) is 0.796. The van der Waals surface area contributed by atoms with E-state index >= 15 is 0 Å². The van der Waals surface area contributed by atoms with Crippen LogP contribution in [0.5, 0.6) is 0 Å². The minimum Gasteiger partial charge on any atom is -0.450 e. The Bertz CT molecular complexity index is 618. The van der Waals surface area contributed by atoms with Gasteiger partial charge in [0.2, 0.25) is 5.91 Å². The number of nitrogens with zero attached hydrogens (tertiary/aromatic N) is 3. The maximum atomic E-state index is 12.5. The molecule has 2 aliphatic heterocycles. The summed E-state index contributed by atoms with van der Waals surface area (Å²) in [4.78, 5) is 30.2. The first-order chi connectivity index (χ1) is 13.2. The van der Waals surface area contributed by atoms with Crippen LogP contribution in [0.1, 0.15) is 38.2 Å². The number of piperazine rings is 1. The Morgan fingerprint density at radius 3 is 2.15 bits per heavy atom. The van der Waals surface area contributed by atoms with Crippen LogP contribution in [0.3, 0.4) is 0 Å². The molecule has 6 heteroatoms. The lowest BCUT2D eigenvalue weighted by Crippen LogP contribution is -2.50. The second kappa shape index (κ2) is 9.62. The molecule has 2 amide bonds. The Balaban J connectivity index is 1.42. The highest BCUT2D eigenvalue weighted by Gasteiger charge is 2.24. The number of benzene rings is 1. The second-order valence-corrected chi connectivity index (χ2v) is 7.28. The molecule has 6 nitrogen and oxygen atoms in total. The van der Waals surface area contributed by atoms with E-state index in [0.29, 0.717) is 39.2 Å². The van der Waals surface area contributed by atoms with Gasteiger partial charge in [0.1, 0.15) is 0 Å². The number of ether oxygens (including phenoxy) is 1. The van der Waals surface area contributed by atoms with Gasteiger partial charge in [-0.3, -0.25) is 4.79 Å². The maximum absolute atomic E-state index is 12.5. The third-order valence-electron chi connectivity index (χ3n) is 5.44. The lowest BCUT2D eigenvalue weighted by Gasteiger charge is -2.34. The summed E-state index contributed by atoms with van der Waals surface area (Å²) in [6.45, 7) is 6.76. The zero-order valence-electron chi connectivity index (χ0n) is 16.4. The molecule has 0 aromatic heterocycles. The van der Waals surface area contributed by atoms with Crippen LogP contribution in [0.2, 0.25) is 0 Å². The molecule has 2 fully saturated rings. The summed E-state index contributed by atoms with van der Waals surface area (Å²) in [5.41, 5.74) is 2.49. The van der Waals surface area contributed by atoms with E-state index in [1.165, 1.54) is 30.5 Å². The number of rotatable bonds is 5. The largest absolute Gasteiger partial charge is 0.450 e. The third kappa shape index (κ3) is 5.37. The van der Waals surface area contributed by atoms with E-state index in [1.807, 2.05) is 4.90 Å². The molecule has 2 heterocycles. The van der Waals surface area contributed by atoms with Crippen LogP contribution in [-0.2, 0) is 16.0 Å². The summed E-state index contributed by atoms with van der Waals surface area (Å²) >= 11 is 0. The predicted molar refractivity (Wildman–Crippen MR) is 106 cm³/mol. The van der Waals surface area contributed by atoms with Gasteiger partial charge in [0, 0.05) is 51.4 Å². The molecule has 0 radical (unpaired) electrons. The Morgan fingerprint density at radius 1 is 0.889 bits per heavy atom. The van der Waals surface area contributed by atoms with E-state index in [4.69, 9.17) is 4.74 Å². The fourth-order valence-electron chi connectivity index (χ4n) is 3.79. The van der Waals surface area contributed by atoms with Gasteiger partial charge in [-0.2, -0.15) is 0 Å². The third-order valence-corrected chi connectivity index (χ3v) is 5.44. The van der Waals surface area contributed by atoms with Crippen LogP contribution >= 0.6 is 0 Å². The highest BCUT2D eigenvalue weighted by Crippen LogP contribution is 2.20. The highest BCUT2D eigenvalue weighted by molar-refractivity contribution is 5.77. The van der Waals surface area contributed by atoms with E-state index in [2.05, 4.69) is 29.2 Å². The smallest absolute Gasteiger partial charge is 0.409 e. The lowest BCUT2D eigenvalue weighted by atomic mass is 10.1. The van der Waals surface area contributed by atoms with Crippen LogP contribution in [-0.4, -0.2) is 67.7 Å². The fraction of sp³-hybridized carbons (Fsp3) is 0.619. The molecular weight excluding hydrogens is 342 g/mol. The van der Waals surface area contributed by atoms with Gasteiger partial charge in [0.15, 0.2) is 0 Å². The first-order valence-corrected chi connectivity index (χ1v) is 10.2. The van der Waals surface area contributed by atoms with E-state index in [1.54, 1.807) is 11.8 Å². The summed E-state index contributed by atoms with van der Waals surface area (Å²) in [7, 11) is 0. The number of piperidine rings is 1. The molecule has 27 heavy (non-hydrogen) atoms. The van der Waals surface area contributed by atoms with E-state index in [0.717, 1.165) is 19.5 Å². The minimum atomic E-state index is -0.279. The average molecular weight is 373 g/mol. The van der Waals surface area contributed by atoms with Gasteiger partial charge in [-0.15, -0.1) is 0 Å². The maximum Gasteiger partial charge on any atom is 0.409 e. The number of hydrogen-bond donors (Lipinski definition) is 0. The second-order valence-electron chi connectivity index (χ2n) is 7.28. The zero-order valence-corrected chi connectivity index (χ0v) is 16.4. The Hall–Kier alpha value is -2.24. The van der Waals surface area contributed by atoms with Crippen molar-refractivity contribution < 1.29 is 14.3 Å². The van der Waals surface area contributed by atoms with Crippen molar-refractivity contribution >= 4 is 17.7 Å². The molecule has 1 aromatic rings. The Morgan fingerprint density at radius 2 is 1.52 bits per heavy atom. The van der Waals surface area contributed by atoms with Gasteiger partial charge in [-0.1, -0.05) is 12.1 Å². The minimum absolute atomic E-state index is 0.165. The summed E-state index contributed by atoms with van der Waals surface area (Å²) < 4.78 is 5.02. The molecule has 0 atom stereocenters. The molecule has 0 saturated carbocycles. The molecule has 3 rings (SSSR count). The number of anilines is 1. The van der Waals surface area contributed by atoms with Crippen LogP contribution in [0, 0.1) is 0 Å². The fourth-order valence-corrected chi connectivity index (χ4v) is 3.79. The van der Waals surface area contributed by atoms with Gasteiger partial charge in [0.25, 0.3) is 0 Å². The van der Waals surface area contributed by atoms with Gasteiger partial charge in [0.05, 0.1) is 6.61 Å². The average Bonchev–Trinajstić information content (AvgIpc) is 2.73. The van der Waals surface area contributed by atoms with Crippen molar-refractivity contribution in [2.75, 3.05) is 50.8 Å². The molecule has 148 valence electrons. The van der Waals surface area contributed by atoms with Crippen molar-refractivity contribution in [1.29, 1.82) is 0 Å². The summed E-state index contributed by atoms with van der Waals surface area (Å²) in [6.07, 6.45) is 4.89. The zero-order chi connectivity index (χ0) is 19.1. The van der Waals surface area contributed by atoms with E-state index in [-0.39, 0.29) is 12.0 Å². The SMILES string of the molecule is CCOC(=O)N1CCN(C(=O)CCc2ccc(N3CCCCC3)cc2)CC1. The molecule has 0 spiro atoms. The first kappa shape index (κ1) is 19.5. The molecular formula is C21H31N3O3. The highest BCUT2D eigenvalue weighted by atomic mass is 16.6. The lowest BCUT2D eigenvalue weighted by molar-refractivity contribution is -0.132. The van der Waals surface area contributed by atoms with Crippen LogP contribution < -0.4 is 4.90 Å². The Kier molecular flexibility index (Phi) is 6.96. The molecule has 2 saturated heterocycles. The van der Waals surface area contributed by atoms with Gasteiger partial charge >= 0.3 is 6.09 Å². The summed E-state index contributed by atoms with van der Waals surface area (Å²) in [5, 5.41) is 0. The molecule has 2 aliphatic rings. The van der Waals surface area contributed by atoms with Crippen LogP contribution in [0.4, 0.5) is 10.5 Å². The normalized spacial score (nSPS) is 17.7. The van der Waals surface area contributed by atoms with Crippen LogP contribution in [0.15, 0.2) is 24.3 Å². The predicted octanol–water partition coefficient (Wildman–Crippen LogP) is 2.91. The van der Waals surface area contributed by atoms with Gasteiger partial charge in [-0.25, -0.2) is 4.79 Å². The number of aryl methyl sites for hydroxylation is 1. The number of amides is 2. The number of carbonyl (C=O) groups is 2. The van der Waals surface area contributed by atoms with Crippen molar-refractivity contribution in [1.82, 2.24) is 9.80 Å². The monoisotopic (exact) mass is 373 g/mol. The molecule has 0 unspecified atom stereocenters. The van der Waals surface area contributed by atoms with Crippen LogP contribution in [0.25, 0.3) is 0 Å². The van der Waals surface area contributed by atoms with Crippen molar-refractivity contribution in [3.05, 3.63) is 29.8 Å². The molecule has 0 bridgehead atoms. The van der Waals surface area contributed by atoms with Crippen molar-refractivity contribution in [3.8, 4) is 0 Å². The summed E-state index contributed by atoms with van der Waals surface area (Å²) in [6, 6.07) is 8.66. The topological polar surface area (TPSA) is 53.1 Å². The summed E-state index contributed by atoms with van der Waals surface area (Å²) in [5.74, 6) is 0.165. The molecule has 0 N–H and O–H groups in total. The Labute approximate surface area is 162 Å². The number of hydrogen-bond acceptors (Lipinski definition) is 4. The first-order valence-electron chi connectivity index (χ1n) is 10.2. The standard InChI is InChI=1S/C21H31N3O3/c1-2-27-21(26)24-16-14-23(15-17-24)20(25)11-8-18-6-9-19(10-7-18)22-12-4-3-5-13-22/h6-7,9-10H,2-5,8,11-17H2,1H3. The van der Waals surface area contributed by atoms with E-state index < -0.39 is 0 Å². The van der Waals surface area contributed by atoms with Crippen molar-refractivity contribution in [2.24, 2.45) is 0 Å². The van der Waals surface area contributed by atoms with Gasteiger partial charge < -0.3 is 19.4 Å². The van der Waals surface area contributed by atoms with E-state index in [9.17, 15) is 9.59 Å². The number of carbonyl (C=O) groups excluding carboxylic acids is 2. The van der Waals surface area contributed by atoms with Crippen molar-refractivity contribution in [3.63, 3.8) is 0 Å². The molecule has 1 aromatic carbocycles. The van der Waals surface area contributed by atoms with Crippen molar-refractivity contribution in [2.45, 2.75) is 39.0 Å².